The SMILES string of the molecule is COC(=O)NC(=O)CSC[C@H](N)C(=O)O. The van der Waals surface area contributed by atoms with E-state index in [1.54, 1.807) is 0 Å². The highest BCUT2D eigenvalue weighted by Crippen LogP contribution is 2.01. The van der Waals surface area contributed by atoms with Crippen molar-refractivity contribution in [3.8, 4) is 0 Å². The lowest BCUT2D eigenvalue weighted by molar-refractivity contribution is -0.138. The highest BCUT2D eigenvalue weighted by atomic mass is 32.2. The van der Waals surface area contributed by atoms with Gasteiger partial charge in [0, 0.05) is 5.75 Å². The van der Waals surface area contributed by atoms with Crippen molar-refractivity contribution in [2.45, 2.75) is 6.04 Å². The molecule has 0 aliphatic carbocycles. The van der Waals surface area contributed by atoms with Crippen LogP contribution in [0.3, 0.4) is 0 Å². The van der Waals surface area contributed by atoms with Crippen LogP contribution in [0.5, 0.6) is 0 Å². The van der Waals surface area contributed by atoms with E-state index in [0.29, 0.717) is 0 Å². The van der Waals surface area contributed by atoms with Crippen molar-refractivity contribution < 1.29 is 24.2 Å². The summed E-state index contributed by atoms with van der Waals surface area (Å²) in [6.07, 6.45) is -0.844. The van der Waals surface area contributed by atoms with Crippen molar-refractivity contribution in [3.63, 3.8) is 0 Å². The van der Waals surface area contributed by atoms with Crippen LogP contribution >= 0.6 is 11.8 Å². The van der Waals surface area contributed by atoms with Crippen LogP contribution < -0.4 is 11.1 Å². The Bertz CT molecular complexity index is 258. The van der Waals surface area contributed by atoms with Gasteiger partial charge in [-0.2, -0.15) is 0 Å². The van der Waals surface area contributed by atoms with Gasteiger partial charge in [-0.1, -0.05) is 0 Å². The zero-order chi connectivity index (χ0) is 11.8. The zero-order valence-electron chi connectivity index (χ0n) is 8.06. The molecule has 0 aromatic rings. The molecular formula is C7H12N2O5S. The quantitative estimate of drug-likeness (QED) is 0.561. The van der Waals surface area contributed by atoms with Crippen LogP contribution in [-0.4, -0.2) is 47.7 Å². The van der Waals surface area contributed by atoms with Gasteiger partial charge in [0.05, 0.1) is 12.9 Å². The van der Waals surface area contributed by atoms with Crippen molar-refractivity contribution in [1.29, 1.82) is 0 Å². The van der Waals surface area contributed by atoms with Gasteiger partial charge in [-0.3, -0.25) is 14.9 Å². The zero-order valence-corrected chi connectivity index (χ0v) is 8.87. The average Bonchev–Trinajstić information content (AvgIpc) is 2.17. The third-order valence-electron chi connectivity index (χ3n) is 1.27. The maximum Gasteiger partial charge on any atom is 0.413 e. The Hall–Kier alpha value is -1.28. The smallest absolute Gasteiger partial charge is 0.413 e. The van der Waals surface area contributed by atoms with Crippen molar-refractivity contribution in [1.82, 2.24) is 5.32 Å². The molecule has 0 rings (SSSR count). The summed E-state index contributed by atoms with van der Waals surface area (Å²) in [6, 6.07) is -1.01. The summed E-state index contributed by atoms with van der Waals surface area (Å²) in [5.41, 5.74) is 5.19. The molecule has 2 amide bonds. The summed E-state index contributed by atoms with van der Waals surface area (Å²) in [6.45, 7) is 0. The number of thioether (sulfide) groups is 1. The first-order chi connectivity index (χ1) is 6.97. The third-order valence-corrected chi connectivity index (χ3v) is 2.34. The lowest BCUT2D eigenvalue weighted by Crippen LogP contribution is -2.35. The van der Waals surface area contributed by atoms with E-state index >= 15 is 0 Å². The van der Waals surface area contributed by atoms with E-state index < -0.39 is 24.0 Å². The highest BCUT2D eigenvalue weighted by Gasteiger charge is 2.13. The first kappa shape index (κ1) is 13.7. The van der Waals surface area contributed by atoms with E-state index in [1.165, 1.54) is 0 Å². The molecule has 0 aromatic carbocycles. The molecule has 0 saturated carbocycles. The molecular weight excluding hydrogens is 224 g/mol. The number of nitrogens with one attached hydrogen (secondary N) is 1. The number of ether oxygens (including phenoxy) is 1. The van der Waals surface area contributed by atoms with Gasteiger partial charge < -0.3 is 15.6 Å². The summed E-state index contributed by atoms with van der Waals surface area (Å²) in [7, 11) is 1.14. The summed E-state index contributed by atoms with van der Waals surface area (Å²) < 4.78 is 4.19. The van der Waals surface area contributed by atoms with Gasteiger partial charge in [0.1, 0.15) is 6.04 Å². The second-order valence-corrected chi connectivity index (χ2v) is 3.53. The fourth-order valence-corrected chi connectivity index (χ4v) is 1.32. The number of rotatable bonds is 5. The number of hydrogen-bond donors (Lipinski definition) is 3. The number of aliphatic carboxylic acids is 1. The fraction of sp³-hybridized carbons (Fsp3) is 0.571. The Morgan fingerprint density at radius 2 is 2.13 bits per heavy atom. The molecule has 0 radical (unpaired) electrons. The minimum Gasteiger partial charge on any atom is -0.480 e. The molecule has 4 N–H and O–H groups in total. The van der Waals surface area contributed by atoms with Crippen molar-refractivity contribution in [2.75, 3.05) is 18.6 Å². The van der Waals surface area contributed by atoms with Crippen LogP contribution in [0.1, 0.15) is 0 Å². The summed E-state index contributed by atoms with van der Waals surface area (Å²) in [5.74, 6) is -1.62. The second kappa shape index (κ2) is 7.07. The molecule has 0 heterocycles. The number of carboxylic acids is 1. The standard InChI is InChI=1S/C7H12N2O5S/c1-14-7(13)9-5(10)3-15-2-4(8)6(11)12/h4H,2-3,8H2,1H3,(H,11,12)(H,9,10,13)/t4-/m0/s1. The molecule has 0 aliphatic rings. The Morgan fingerprint density at radius 3 is 2.60 bits per heavy atom. The van der Waals surface area contributed by atoms with Crippen LogP contribution in [0.15, 0.2) is 0 Å². The number of carboxylic acid groups (broad SMARTS) is 1. The van der Waals surface area contributed by atoms with E-state index in [4.69, 9.17) is 10.8 Å². The molecule has 8 heteroatoms. The molecule has 0 unspecified atom stereocenters. The number of nitrogens with two attached hydrogens (primary N) is 1. The maximum atomic E-state index is 10.9. The average molecular weight is 236 g/mol. The Kier molecular flexibility index (Phi) is 6.47. The Morgan fingerprint density at radius 1 is 1.53 bits per heavy atom. The molecule has 0 fully saturated rings. The fourth-order valence-electron chi connectivity index (χ4n) is 0.551. The van der Waals surface area contributed by atoms with Gasteiger partial charge in [0.15, 0.2) is 0 Å². The highest BCUT2D eigenvalue weighted by molar-refractivity contribution is 8.00. The summed E-state index contributed by atoms with van der Waals surface area (Å²) >= 11 is 1.02. The Labute approximate surface area is 90.3 Å². The molecule has 0 aliphatic heterocycles. The van der Waals surface area contributed by atoms with Gasteiger partial charge >= 0.3 is 12.1 Å². The molecule has 0 bridgehead atoms. The van der Waals surface area contributed by atoms with Gasteiger partial charge in [-0.05, 0) is 0 Å². The topological polar surface area (TPSA) is 119 Å². The minimum absolute atomic E-state index is 0.0456. The largest absolute Gasteiger partial charge is 0.480 e. The molecule has 1 atom stereocenters. The van der Waals surface area contributed by atoms with Gasteiger partial charge in [0.2, 0.25) is 5.91 Å². The van der Waals surface area contributed by atoms with E-state index in [2.05, 4.69) is 4.74 Å². The molecule has 0 spiro atoms. The summed E-state index contributed by atoms with van der Waals surface area (Å²) in [4.78, 5) is 31.8. The van der Waals surface area contributed by atoms with Gasteiger partial charge in [0.25, 0.3) is 0 Å². The molecule has 86 valence electrons. The number of amides is 2. The first-order valence-electron chi connectivity index (χ1n) is 3.91. The van der Waals surface area contributed by atoms with Crippen molar-refractivity contribution >= 4 is 29.7 Å². The lowest BCUT2D eigenvalue weighted by atomic mass is 10.4. The normalized spacial score (nSPS) is 11.6. The predicted octanol–water partition coefficient (Wildman–Crippen LogP) is -0.986. The number of hydrogen-bond acceptors (Lipinski definition) is 6. The number of methoxy groups -OCH3 is 1. The van der Waals surface area contributed by atoms with Crippen molar-refractivity contribution in [2.24, 2.45) is 5.73 Å². The second-order valence-electron chi connectivity index (χ2n) is 2.50. The predicted molar refractivity (Wildman–Crippen MR) is 53.5 cm³/mol. The monoisotopic (exact) mass is 236 g/mol. The van der Waals surface area contributed by atoms with E-state index in [1.807, 2.05) is 5.32 Å². The number of imide groups is 1. The minimum atomic E-state index is -1.13. The van der Waals surface area contributed by atoms with Crippen LogP contribution in [0.4, 0.5) is 4.79 Å². The van der Waals surface area contributed by atoms with E-state index in [-0.39, 0.29) is 11.5 Å². The van der Waals surface area contributed by atoms with Crippen LogP contribution in [0.2, 0.25) is 0 Å². The lowest BCUT2D eigenvalue weighted by Gasteiger charge is -2.05. The number of alkyl carbamates (subject to hydrolysis) is 1. The molecule has 15 heavy (non-hydrogen) atoms. The van der Waals surface area contributed by atoms with E-state index in [9.17, 15) is 14.4 Å². The van der Waals surface area contributed by atoms with Crippen LogP contribution in [0, 0.1) is 0 Å². The van der Waals surface area contributed by atoms with Gasteiger partial charge in [-0.15, -0.1) is 11.8 Å². The molecule has 0 aromatic heterocycles. The summed E-state index contributed by atoms with van der Waals surface area (Å²) in [5, 5.41) is 10.3. The van der Waals surface area contributed by atoms with Crippen molar-refractivity contribution in [3.05, 3.63) is 0 Å². The number of carbonyl (C=O) groups is 3. The van der Waals surface area contributed by atoms with E-state index in [0.717, 1.165) is 18.9 Å². The molecule has 7 nitrogen and oxygen atoms in total. The first-order valence-corrected chi connectivity index (χ1v) is 5.06. The maximum absolute atomic E-state index is 10.9. The number of carbonyl (C=O) groups excluding carboxylic acids is 2. The molecule has 0 saturated heterocycles. The van der Waals surface area contributed by atoms with Crippen LogP contribution in [-0.2, 0) is 14.3 Å². The Balaban J connectivity index is 3.64. The third kappa shape index (κ3) is 6.75. The van der Waals surface area contributed by atoms with Gasteiger partial charge in [-0.25, -0.2) is 4.79 Å². The van der Waals surface area contributed by atoms with Crippen LogP contribution in [0.25, 0.3) is 0 Å².